The Labute approximate surface area is 145 Å². The van der Waals surface area contributed by atoms with E-state index in [-0.39, 0.29) is 46.6 Å². The van der Waals surface area contributed by atoms with Gasteiger partial charge in [-0.1, -0.05) is 32.8 Å². The SMILES string of the molecule is CCCN1CC[N+]([O-])(c2nnc(C(C)(C)C)s2)C1=O.[NaH]. The van der Waals surface area contributed by atoms with Gasteiger partial charge in [-0.2, -0.15) is 0 Å². The molecule has 0 aromatic carbocycles. The number of carbonyl (C=O) groups excluding carboxylic acids is 1. The Morgan fingerprint density at radius 1 is 1.40 bits per heavy atom. The van der Waals surface area contributed by atoms with Crippen LogP contribution in [0.1, 0.15) is 39.1 Å². The number of hydrogen-bond acceptors (Lipinski definition) is 5. The van der Waals surface area contributed by atoms with Crippen LogP contribution in [0.4, 0.5) is 9.93 Å². The zero-order valence-electron chi connectivity index (χ0n) is 11.8. The number of carbonyl (C=O) groups is 1. The van der Waals surface area contributed by atoms with E-state index in [4.69, 9.17) is 0 Å². The molecule has 1 fully saturated rings. The molecule has 0 radical (unpaired) electrons. The minimum absolute atomic E-state index is 0. The van der Waals surface area contributed by atoms with E-state index in [1.54, 1.807) is 4.90 Å². The second-order valence-corrected chi connectivity index (χ2v) is 6.83. The van der Waals surface area contributed by atoms with Crippen LogP contribution in [0.2, 0.25) is 0 Å². The van der Waals surface area contributed by atoms with E-state index in [9.17, 15) is 10.0 Å². The molecule has 1 aliphatic heterocycles. The molecule has 1 atom stereocenters. The van der Waals surface area contributed by atoms with Crippen LogP contribution in [-0.2, 0) is 5.41 Å². The Balaban J connectivity index is 0.00000200. The third-order valence-corrected chi connectivity index (χ3v) is 4.57. The average molecular weight is 308 g/mol. The summed E-state index contributed by atoms with van der Waals surface area (Å²) in [5.41, 5.74) is -0.152. The summed E-state index contributed by atoms with van der Waals surface area (Å²) >= 11 is 1.25. The molecule has 0 N–H and O–H groups in total. The van der Waals surface area contributed by atoms with Gasteiger partial charge in [0, 0.05) is 12.0 Å². The van der Waals surface area contributed by atoms with Gasteiger partial charge < -0.3 is 5.21 Å². The van der Waals surface area contributed by atoms with E-state index < -0.39 is 10.7 Å². The molecule has 6 nitrogen and oxygen atoms in total. The van der Waals surface area contributed by atoms with Crippen molar-refractivity contribution in [1.82, 2.24) is 19.7 Å². The zero-order chi connectivity index (χ0) is 14.3. The fourth-order valence-corrected chi connectivity index (χ4v) is 2.96. The summed E-state index contributed by atoms with van der Waals surface area (Å²) < 4.78 is -0.978. The number of aromatic nitrogens is 2. The van der Waals surface area contributed by atoms with Gasteiger partial charge in [0.05, 0.1) is 6.54 Å². The van der Waals surface area contributed by atoms with Crippen molar-refractivity contribution in [2.45, 2.75) is 39.5 Å². The first-order valence-corrected chi connectivity index (χ1v) is 7.34. The van der Waals surface area contributed by atoms with E-state index in [0.717, 1.165) is 11.4 Å². The number of urea groups is 1. The van der Waals surface area contributed by atoms with Gasteiger partial charge >= 0.3 is 40.7 Å². The first kappa shape index (κ1) is 18.0. The maximum atomic E-state index is 12.7. The third kappa shape index (κ3) is 3.23. The average Bonchev–Trinajstić information content (AvgIpc) is 2.90. The van der Waals surface area contributed by atoms with Crippen molar-refractivity contribution >= 4 is 52.1 Å². The Morgan fingerprint density at radius 3 is 2.55 bits per heavy atom. The monoisotopic (exact) mass is 308 g/mol. The summed E-state index contributed by atoms with van der Waals surface area (Å²) in [5.74, 6) is 0. The van der Waals surface area contributed by atoms with Crippen molar-refractivity contribution in [2.75, 3.05) is 19.6 Å². The zero-order valence-corrected chi connectivity index (χ0v) is 12.7. The number of rotatable bonds is 3. The fraction of sp³-hybridized carbons (Fsp3) is 0.750. The van der Waals surface area contributed by atoms with Gasteiger partial charge in [-0.05, 0) is 17.8 Å². The topological polar surface area (TPSA) is 69.2 Å². The van der Waals surface area contributed by atoms with Crippen LogP contribution < -0.4 is 4.65 Å². The van der Waals surface area contributed by atoms with Gasteiger partial charge in [0.1, 0.15) is 11.6 Å². The van der Waals surface area contributed by atoms with Gasteiger partial charge in [0.25, 0.3) is 0 Å². The molecule has 0 spiro atoms. The van der Waals surface area contributed by atoms with Crippen molar-refractivity contribution in [1.29, 1.82) is 0 Å². The molecule has 0 saturated carbocycles. The summed E-state index contributed by atoms with van der Waals surface area (Å²) in [7, 11) is 0. The van der Waals surface area contributed by atoms with Crippen molar-refractivity contribution in [3.8, 4) is 0 Å². The summed E-state index contributed by atoms with van der Waals surface area (Å²) in [5, 5.41) is 21.8. The molecule has 0 bridgehead atoms. The molecule has 1 unspecified atom stereocenters. The third-order valence-electron chi connectivity index (χ3n) is 3.12. The van der Waals surface area contributed by atoms with Gasteiger partial charge in [0.2, 0.25) is 0 Å². The Bertz CT molecular complexity index is 488. The number of hydroxylamine groups is 2. The van der Waals surface area contributed by atoms with Crippen LogP contribution in [0, 0.1) is 5.21 Å². The van der Waals surface area contributed by atoms with Gasteiger partial charge in [-0.25, -0.2) is 9.44 Å². The molecule has 8 heteroatoms. The Hall–Kier alpha value is -0.0500. The molecular formula is C12H21N4NaO2S. The first-order chi connectivity index (χ1) is 8.79. The normalized spacial score (nSPS) is 23.1. The number of amides is 2. The predicted octanol–water partition coefficient (Wildman–Crippen LogP) is 1.84. The summed E-state index contributed by atoms with van der Waals surface area (Å²) in [4.78, 5) is 13.8. The summed E-state index contributed by atoms with van der Waals surface area (Å²) in [6, 6.07) is -0.404. The molecular weight excluding hydrogens is 287 g/mol. The molecule has 1 aromatic heterocycles. The van der Waals surface area contributed by atoms with E-state index in [1.807, 2.05) is 27.7 Å². The number of hydrogen-bond donors (Lipinski definition) is 0. The van der Waals surface area contributed by atoms with Crippen LogP contribution in [-0.4, -0.2) is 70.3 Å². The molecule has 1 saturated heterocycles. The van der Waals surface area contributed by atoms with Crippen LogP contribution in [0.5, 0.6) is 0 Å². The van der Waals surface area contributed by atoms with Crippen molar-refractivity contribution in [3.05, 3.63) is 10.2 Å². The van der Waals surface area contributed by atoms with Crippen molar-refractivity contribution in [3.63, 3.8) is 0 Å². The second-order valence-electron chi connectivity index (χ2n) is 5.87. The Morgan fingerprint density at radius 2 is 2.05 bits per heavy atom. The minimum atomic E-state index is -0.978. The molecule has 2 heterocycles. The van der Waals surface area contributed by atoms with Gasteiger partial charge in [0.15, 0.2) is 0 Å². The molecule has 20 heavy (non-hydrogen) atoms. The number of quaternary nitrogens is 1. The quantitative estimate of drug-likeness (QED) is 0.485. The summed E-state index contributed by atoms with van der Waals surface area (Å²) in [6.45, 7) is 9.41. The van der Waals surface area contributed by atoms with E-state index in [1.165, 1.54) is 11.3 Å². The molecule has 108 valence electrons. The van der Waals surface area contributed by atoms with Crippen LogP contribution >= 0.6 is 11.3 Å². The van der Waals surface area contributed by atoms with Crippen LogP contribution in [0.3, 0.4) is 0 Å². The van der Waals surface area contributed by atoms with E-state index in [0.29, 0.717) is 13.1 Å². The standard InChI is InChI=1S/C12H20N4O2S.Na.H/c1-5-6-15-7-8-16(18,11(15)17)10-14-13-9(19-10)12(2,3)4;;/h5-8H2,1-4H3;;. The first-order valence-electron chi connectivity index (χ1n) is 6.52. The van der Waals surface area contributed by atoms with E-state index >= 15 is 0 Å². The van der Waals surface area contributed by atoms with Gasteiger partial charge in [-0.15, -0.1) is 5.10 Å². The molecule has 2 rings (SSSR count). The predicted molar refractivity (Wildman–Crippen MR) is 83.0 cm³/mol. The fourth-order valence-electron chi connectivity index (χ4n) is 2.00. The molecule has 0 aliphatic carbocycles. The van der Waals surface area contributed by atoms with Crippen LogP contribution in [0.25, 0.3) is 0 Å². The summed E-state index contributed by atoms with van der Waals surface area (Å²) in [6.07, 6.45) is 0.856. The maximum absolute atomic E-state index is 12.7. The second kappa shape index (κ2) is 6.37. The van der Waals surface area contributed by atoms with Crippen molar-refractivity contribution < 1.29 is 4.79 Å². The van der Waals surface area contributed by atoms with Crippen molar-refractivity contribution in [2.24, 2.45) is 0 Å². The number of nitrogens with zero attached hydrogens (tertiary/aromatic N) is 4. The van der Waals surface area contributed by atoms with Crippen LogP contribution in [0.15, 0.2) is 0 Å². The molecule has 1 aliphatic rings. The van der Waals surface area contributed by atoms with E-state index in [2.05, 4.69) is 10.2 Å². The molecule has 2 amide bonds. The Kier molecular flexibility index (Phi) is 5.74. The molecule has 1 aromatic rings. The van der Waals surface area contributed by atoms with Gasteiger partial charge in [-0.3, -0.25) is 4.90 Å².